The Morgan fingerprint density at radius 1 is 0.571 bits per heavy atom. The van der Waals surface area contributed by atoms with Gasteiger partial charge >= 0.3 is 63.3 Å². The second kappa shape index (κ2) is 33.1. The number of ether oxygens (including phenoxy) is 2. The molecule has 0 amide bonds. The van der Waals surface area contributed by atoms with E-state index in [1.165, 1.54) is 89.2 Å². The van der Waals surface area contributed by atoms with E-state index in [0.717, 1.165) is 70.3 Å². The van der Waals surface area contributed by atoms with Crippen molar-refractivity contribution < 1.29 is 83.4 Å². The molecule has 0 aliphatic heterocycles. The Balaban J connectivity index is 0.0000230. The van der Waals surface area contributed by atoms with Crippen LogP contribution in [0, 0.1) is 0 Å². The Morgan fingerprint density at radius 3 is 1.35 bits per heavy atom. The van der Waals surface area contributed by atoms with Gasteiger partial charge in [0.1, 0.15) is 10.1 Å². The molecule has 1 aromatic carbocycles. The molecule has 0 aliphatic rings. The Labute approximate surface area is 342 Å². The summed E-state index contributed by atoms with van der Waals surface area (Å²) in [5.41, 5.74) is -0.805. The monoisotopic (exact) mass is 728 g/mol. The maximum absolute atomic E-state index is 12.9. The van der Waals surface area contributed by atoms with Gasteiger partial charge in [-0.05, 0) is 76.3 Å². The number of benzene rings is 1. The Bertz CT molecular complexity index is 1150. The largest absolute Gasteiger partial charge is 1.00 e. The molecule has 274 valence electrons. The molecule has 0 fully saturated rings. The minimum atomic E-state index is -5.02. The second-order valence-electron chi connectivity index (χ2n) is 12.9. The molecule has 0 atom stereocenters. The van der Waals surface area contributed by atoms with E-state index in [1.807, 2.05) is 0 Å². The van der Waals surface area contributed by atoms with Crippen LogP contribution in [0.15, 0.2) is 47.4 Å². The van der Waals surface area contributed by atoms with Crippen molar-refractivity contribution in [1.29, 1.82) is 0 Å². The summed E-state index contributed by atoms with van der Waals surface area (Å²) in [7, 11) is -5.02. The molecular formula is C40H65KO7S. The first kappa shape index (κ1) is 48.2. The van der Waals surface area contributed by atoms with Gasteiger partial charge in [-0.3, -0.25) is 0 Å². The van der Waals surface area contributed by atoms with Crippen LogP contribution in [0.25, 0.3) is 0 Å². The fraction of sp³-hybridized carbons (Fsp3) is 0.700. The number of carbonyl (C=O) groups excluding carboxylic acids is 2. The summed E-state index contributed by atoms with van der Waals surface area (Å²) in [5, 5.41) is 0. The van der Waals surface area contributed by atoms with Crippen LogP contribution < -0.4 is 51.4 Å². The minimum absolute atomic E-state index is 0. The van der Waals surface area contributed by atoms with Crippen molar-refractivity contribution in [3.8, 4) is 0 Å². The molecule has 0 heterocycles. The van der Waals surface area contributed by atoms with Gasteiger partial charge < -0.3 is 14.0 Å². The third-order valence-electron chi connectivity index (χ3n) is 8.50. The van der Waals surface area contributed by atoms with Gasteiger partial charge in [-0.25, -0.2) is 18.0 Å². The van der Waals surface area contributed by atoms with Crippen molar-refractivity contribution in [2.75, 3.05) is 13.2 Å². The summed E-state index contributed by atoms with van der Waals surface area (Å²) >= 11 is 0. The van der Waals surface area contributed by atoms with Gasteiger partial charge in [-0.1, -0.05) is 134 Å². The molecule has 49 heavy (non-hydrogen) atoms. The molecule has 7 nitrogen and oxygen atoms in total. The average molecular weight is 729 g/mol. The summed E-state index contributed by atoms with van der Waals surface area (Å²) in [6.45, 7) is 4.68. The first-order valence-corrected chi connectivity index (χ1v) is 20.5. The molecule has 9 heteroatoms. The van der Waals surface area contributed by atoms with E-state index in [1.54, 1.807) is 0 Å². The van der Waals surface area contributed by atoms with Crippen LogP contribution in [-0.4, -0.2) is 38.1 Å². The number of carbonyl (C=O) groups is 2. The average Bonchev–Trinajstić information content (AvgIpc) is 3.07. The predicted octanol–water partition coefficient (Wildman–Crippen LogP) is 8.42. The van der Waals surface area contributed by atoms with Crippen molar-refractivity contribution >= 4 is 22.1 Å². The summed E-state index contributed by atoms with van der Waals surface area (Å²) in [4.78, 5) is 25.0. The third kappa shape index (κ3) is 25.7. The standard InChI is InChI=1S/C40H66O7S.K/c1-3-5-7-9-11-13-15-17-19-21-23-25-27-29-34-46-39(41)36-32-31-33-37(48(43,44)45)38(36)40(42)47-35-30-28-26-24-22-20-18-16-14-12-10-8-6-4-2;/h17-20,31-33H,3-16,21-30,34-35H2,1-2H3,(H,43,44,45);/q;+1/p-1/b19-17+,20-18+;. The Hall–Kier alpha value is -0.814. The third-order valence-corrected chi connectivity index (χ3v) is 9.38. The van der Waals surface area contributed by atoms with Crippen molar-refractivity contribution in [2.45, 2.75) is 173 Å². The summed E-state index contributed by atoms with van der Waals surface area (Å²) in [5.74, 6) is -1.84. The maximum atomic E-state index is 12.9. The van der Waals surface area contributed by atoms with Gasteiger partial charge in [0.15, 0.2) is 0 Å². The van der Waals surface area contributed by atoms with Crippen LogP contribution in [0.4, 0.5) is 0 Å². The molecular weight excluding hydrogens is 664 g/mol. The smallest absolute Gasteiger partial charge is 0.744 e. The predicted molar refractivity (Wildman–Crippen MR) is 195 cm³/mol. The quantitative estimate of drug-likeness (QED) is 0.0248. The zero-order valence-electron chi connectivity index (χ0n) is 31.2. The van der Waals surface area contributed by atoms with E-state index < -0.39 is 32.5 Å². The SMILES string of the molecule is CCCCCCCC/C=C/CCCCCCOC(=O)c1cccc(S(=O)(=O)[O-])c1C(=O)OCCCCCC/C=C/CCCCCCCC.[K+]. The van der Waals surface area contributed by atoms with Crippen LogP contribution in [-0.2, 0) is 19.6 Å². The molecule has 0 radical (unpaired) electrons. The molecule has 0 aliphatic carbocycles. The van der Waals surface area contributed by atoms with Gasteiger partial charge in [0, 0.05) is 0 Å². The first-order chi connectivity index (χ1) is 23.3. The van der Waals surface area contributed by atoms with E-state index in [4.69, 9.17) is 9.47 Å². The number of esters is 2. The second-order valence-corrected chi connectivity index (χ2v) is 14.2. The Morgan fingerprint density at radius 2 is 0.939 bits per heavy atom. The van der Waals surface area contributed by atoms with Crippen molar-refractivity contribution in [3.63, 3.8) is 0 Å². The normalized spacial score (nSPS) is 11.7. The Kier molecular flexibility index (Phi) is 32.5. The number of hydrogen-bond acceptors (Lipinski definition) is 7. The number of allylic oxidation sites excluding steroid dienone is 4. The van der Waals surface area contributed by atoms with Gasteiger partial charge in [-0.2, -0.15) is 0 Å². The van der Waals surface area contributed by atoms with Crippen molar-refractivity contribution in [3.05, 3.63) is 53.6 Å². The zero-order chi connectivity index (χ0) is 35.1. The maximum Gasteiger partial charge on any atom is 1.00 e. The fourth-order valence-electron chi connectivity index (χ4n) is 5.59. The molecule has 1 rings (SSSR count). The number of unbranched alkanes of at least 4 members (excludes halogenated alkanes) is 20. The van der Waals surface area contributed by atoms with E-state index in [-0.39, 0.29) is 70.2 Å². The zero-order valence-corrected chi connectivity index (χ0v) is 35.1. The van der Waals surface area contributed by atoms with E-state index >= 15 is 0 Å². The van der Waals surface area contributed by atoms with Crippen LogP contribution in [0.5, 0.6) is 0 Å². The summed E-state index contributed by atoms with van der Waals surface area (Å²) < 4.78 is 46.5. The molecule has 0 saturated carbocycles. The fourth-order valence-corrected chi connectivity index (χ4v) is 6.28. The molecule has 0 spiro atoms. The van der Waals surface area contributed by atoms with Crippen LogP contribution in [0.1, 0.15) is 189 Å². The van der Waals surface area contributed by atoms with Gasteiger partial charge in [0.2, 0.25) is 0 Å². The number of rotatable bonds is 31. The topological polar surface area (TPSA) is 110 Å². The number of hydrogen-bond donors (Lipinski definition) is 0. The minimum Gasteiger partial charge on any atom is -0.744 e. The van der Waals surface area contributed by atoms with Crippen LogP contribution >= 0.6 is 0 Å². The molecule has 1 aromatic rings. The van der Waals surface area contributed by atoms with E-state index in [0.29, 0.717) is 12.8 Å². The van der Waals surface area contributed by atoms with Gasteiger partial charge in [0.25, 0.3) is 0 Å². The molecule has 0 aromatic heterocycles. The van der Waals surface area contributed by atoms with Crippen molar-refractivity contribution in [2.24, 2.45) is 0 Å². The van der Waals surface area contributed by atoms with Gasteiger partial charge in [0.05, 0.1) is 29.2 Å². The summed E-state index contributed by atoms with van der Waals surface area (Å²) in [6.07, 6.45) is 36.1. The van der Waals surface area contributed by atoms with E-state index in [2.05, 4.69) is 38.2 Å². The molecule has 0 unspecified atom stereocenters. The molecule has 0 bridgehead atoms. The summed E-state index contributed by atoms with van der Waals surface area (Å²) in [6, 6.07) is 3.59. The molecule has 0 saturated heterocycles. The van der Waals surface area contributed by atoms with Crippen LogP contribution in [0.2, 0.25) is 0 Å². The van der Waals surface area contributed by atoms with Crippen LogP contribution in [0.3, 0.4) is 0 Å². The molecule has 0 N–H and O–H groups in total. The van der Waals surface area contributed by atoms with Crippen molar-refractivity contribution in [1.82, 2.24) is 0 Å². The van der Waals surface area contributed by atoms with E-state index in [9.17, 15) is 22.6 Å². The first-order valence-electron chi connectivity index (χ1n) is 19.1. The van der Waals surface area contributed by atoms with Gasteiger partial charge in [-0.15, -0.1) is 0 Å².